The van der Waals surface area contributed by atoms with E-state index >= 15 is 0 Å². The number of aromatic amines is 1. The second-order valence-electron chi connectivity index (χ2n) is 7.63. The average Bonchev–Trinajstić information content (AvgIpc) is 2.99. The van der Waals surface area contributed by atoms with Crippen molar-refractivity contribution in [2.45, 2.75) is 52.7 Å². The molecule has 1 amide bonds. The number of hydrogen-bond donors (Lipinski definition) is 1. The number of nitrogens with zero attached hydrogens (tertiary/aromatic N) is 2. The molecule has 0 spiro atoms. The van der Waals surface area contributed by atoms with Crippen molar-refractivity contribution in [2.75, 3.05) is 6.54 Å². The first-order valence-corrected chi connectivity index (χ1v) is 8.19. The maximum atomic E-state index is 12.5. The van der Waals surface area contributed by atoms with Gasteiger partial charge in [-0.3, -0.25) is 4.90 Å². The smallest absolute Gasteiger partial charge is 0.410 e. The topological polar surface area (TPSA) is 58.2 Å². The van der Waals surface area contributed by atoms with E-state index in [1.165, 1.54) is 5.56 Å². The summed E-state index contributed by atoms with van der Waals surface area (Å²) in [4.78, 5) is 22.4. The van der Waals surface area contributed by atoms with E-state index in [4.69, 9.17) is 9.72 Å². The molecule has 1 saturated heterocycles. The monoisotopic (exact) mass is 315 g/mol. The minimum atomic E-state index is -0.488. The Labute approximate surface area is 137 Å². The van der Waals surface area contributed by atoms with E-state index in [9.17, 15) is 4.79 Å². The predicted octanol–water partition coefficient (Wildman–Crippen LogP) is 4.19. The summed E-state index contributed by atoms with van der Waals surface area (Å²) in [5, 5.41) is 0. The van der Waals surface area contributed by atoms with Crippen molar-refractivity contribution in [3.05, 3.63) is 29.6 Å². The second kappa shape index (κ2) is 5.55. The number of carbonyl (C=O) groups is 1. The van der Waals surface area contributed by atoms with Crippen LogP contribution in [0.15, 0.2) is 18.2 Å². The highest BCUT2D eigenvalue weighted by Crippen LogP contribution is 2.35. The lowest BCUT2D eigenvalue weighted by atomic mass is 10.1. The van der Waals surface area contributed by atoms with Crippen molar-refractivity contribution in [2.24, 2.45) is 5.92 Å². The van der Waals surface area contributed by atoms with Crippen molar-refractivity contribution < 1.29 is 9.53 Å². The number of hydrogen-bond acceptors (Lipinski definition) is 3. The first-order valence-electron chi connectivity index (χ1n) is 8.19. The first kappa shape index (κ1) is 15.8. The molecule has 1 N–H and O–H groups in total. The van der Waals surface area contributed by atoms with Crippen molar-refractivity contribution in [1.82, 2.24) is 14.9 Å². The molecule has 2 heterocycles. The number of nitrogens with one attached hydrogen (secondary N) is 1. The number of likely N-dealkylation sites (tertiary alicyclic amines) is 1. The zero-order valence-electron chi connectivity index (χ0n) is 14.5. The van der Waals surface area contributed by atoms with E-state index in [1.54, 1.807) is 4.90 Å². The lowest BCUT2D eigenvalue weighted by Gasteiger charge is -2.27. The number of fused-ring (bicyclic) bond motifs is 1. The molecule has 0 aliphatic carbocycles. The highest BCUT2D eigenvalue weighted by molar-refractivity contribution is 5.76. The second-order valence-corrected chi connectivity index (χ2v) is 7.63. The molecule has 1 aliphatic heterocycles. The van der Waals surface area contributed by atoms with Gasteiger partial charge in [0.1, 0.15) is 11.4 Å². The predicted molar refractivity (Wildman–Crippen MR) is 90.3 cm³/mol. The Kier molecular flexibility index (Phi) is 3.82. The summed E-state index contributed by atoms with van der Waals surface area (Å²) in [6.07, 6.45) is 0.640. The lowest BCUT2D eigenvalue weighted by Crippen LogP contribution is -2.37. The van der Waals surface area contributed by atoms with Gasteiger partial charge in [-0.25, -0.2) is 9.78 Å². The number of benzene rings is 1. The quantitative estimate of drug-likeness (QED) is 0.858. The van der Waals surface area contributed by atoms with Crippen molar-refractivity contribution >= 4 is 17.1 Å². The fourth-order valence-corrected chi connectivity index (χ4v) is 3.13. The summed E-state index contributed by atoms with van der Waals surface area (Å²) in [7, 11) is 0. The molecule has 1 fully saturated rings. The molecule has 0 radical (unpaired) electrons. The normalized spacial score (nSPS) is 21.9. The first-order chi connectivity index (χ1) is 10.7. The van der Waals surface area contributed by atoms with Crippen LogP contribution in [0.1, 0.15) is 51.5 Å². The van der Waals surface area contributed by atoms with Crippen LogP contribution in [0.2, 0.25) is 0 Å². The molecule has 1 aromatic heterocycles. The van der Waals surface area contributed by atoms with Crippen LogP contribution in [-0.4, -0.2) is 33.1 Å². The van der Waals surface area contributed by atoms with Gasteiger partial charge in [0.15, 0.2) is 0 Å². The summed E-state index contributed by atoms with van der Waals surface area (Å²) in [5.41, 5.74) is 2.66. The van der Waals surface area contributed by atoms with Crippen LogP contribution in [0.25, 0.3) is 11.0 Å². The third-order valence-electron chi connectivity index (χ3n) is 4.11. The Bertz CT molecular complexity index is 729. The number of H-pyrrole nitrogens is 1. The number of aromatic nitrogens is 2. The summed E-state index contributed by atoms with van der Waals surface area (Å²) < 4.78 is 5.56. The Balaban J connectivity index is 1.90. The molecule has 3 rings (SSSR count). The summed E-state index contributed by atoms with van der Waals surface area (Å²) in [6.45, 7) is 10.6. The Morgan fingerprint density at radius 3 is 2.83 bits per heavy atom. The molecular weight excluding hydrogens is 290 g/mol. The highest BCUT2D eigenvalue weighted by atomic mass is 16.6. The van der Waals surface area contributed by atoms with Crippen molar-refractivity contribution in [3.63, 3.8) is 0 Å². The number of imidazole rings is 1. The largest absolute Gasteiger partial charge is 0.444 e. The van der Waals surface area contributed by atoms with Gasteiger partial charge in [-0.2, -0.15) is 0 Å². The van der Waals surface area contributed by atoms with Crippen molar-refractivity contribution in [3.8, 4) is 0 Å². The highest BCUT2D eigenvalue weighted by Gasteiger charge is 2.38. The number of ether oxygens (including phenoxy) is 1. The maximum absolute atomic E-state index is 12.5. The van der Waals surface area contributed by atoms with Crippen LogP contribution in [-0.2, 0) is 4.74 Å². The Morgan fingerprint density at radius 1 is 1.39 bits per heavy atom. The molecule has 2 atom stereocenters. The molecular formula is C18H25N3O2. The number of amides is 1. The molecule has 0 saturated carbocycles. The summed E-state index contributed by atoms with van der Waals surface area (Å²) in [5.74, 6) is 1.28. The third-order valence-corrected chi connectivity index (χ3v) is 4.11. The zero-order valence-corrected chi connectivity index (χ0v) is 14.5. The minimum absolute atomic E-state index is 0.0486. The molecule has 1 aliphatic rings. The number of aryl methyl sites for hydroxylation is 1. The van der Waals surface area contributed by atoms with Gasteiger partial charge in [0.2, 0.25) is 0 Å². The van der Waals surface area contributed by atoms with Gasteiger partial charge < -0.3 is 9.72 Å². The fraction of sp³-hybridized carbons (Fsp3) is 0.556. The summed E-state index contributed by atoms with van der Waals surface area (Å²) in [6, 6.07) is 6.10. The van der Waals surface area contributed by atoms with Crippen LogP contribution in [0.4, 0.5) is 4.79 Å². The van der Waals surface area contributed by atoms with Gasteiger partial charge in [0.05, 0.1) is 17.1 Å². The zero-order chi connectivity index (χ0) is 16.8. The number of carbonyl (C=O) groups excluding carboxylic acids is 1. The Hall–Kier alpha value is -2.04. The molecule has 1 aromatic carbocycles. The average molecular weight is 315 g/mol. The van der Waals surface area contributed by atoms with E-state index in [0.717, 1.165) is 23.3 Å². The molecule has 2 aromatic rings. The molecule has 2 unspecified atom stereocenters. The van der Waals surface area contributed by atoms with E-state index < -0.39 is 5.60 Å². The lowest BCUT2D eigenvalue weighted by molar-refractivity contribution is 0.0215. The van der Waals surface area contributed by atoms with Gasteiger partial charge in [-0.05, 0) is 57.7 Å². The SMILES string of the molecule is Cc1ccc2nc(C3CC(C)CN3C(=O)OC(C)(C)C)[nH]c2c1. The molecule has 5 nitrogen and oxygen atoms in total. The van der Waals surface area contributed by atoms with E-state index in [2.05, 4.69) is 31.0 Å². The standard InChI is InChI=1S/C18H25N3O2/c1-11-6-7-13-14(8-11)20-16(19-13)15-9-12(2)10-21(15)17(22)23-18(3,4)5/h6-8,12,15H,9-10H2,1-5H3,(H,19,20). The fourth-order valence-electron chi connectivity index (χ4n) is 3.13. The molecule has 124 valence electrons. The van der Waals surface area contributed by atoms with E-state index in [0.29, 0.717) is 12.5 Å². The molecule has 5 heteroatoms. The van der Waals surface area contributed by atoms with Crippen LogP contribution in [0, 0.1) is 12.8 Å². The van der Waals surface area contributed by atoms with Crippen LogP contribution < -0.4 is 0 Å². The summed E-state index contributed by atoms with van der Waals surface area (Å²) >= 11 is 0. The molecule has 23 heavy (non-hydrogen) atoms. The maximum Gasteiger partial charge on any atom is 0.410 e. The van der Waals surface area contributed by atoms with E-state index in [1.807, 2.05) is 26.8 Å². The van der Waals surface area contributed by atoms with Crippen LogP contribution in [0.5, 0.6) is 0 Å². The van der Waals surface area contributed by atoms with E-state index in [-0.39, 0.29) is 12.1 Å². The van der Waals surface area contributed by atoms with Crippen molar-refractivity contribution in [1.29, 1.82) is 0 Å². The van der Waals surface area contributed by atoms with Gasteiger partial charge in [-0.1, -0.05) is 13.0 Å². The van der Waals surface area contributed by atoms with Gasteiger partial charge in [0.25, 0.3) is 0 Å². The van der Waals surface area contributed by atoms with Gasteiger partial charge in [0, 0.05) is 6.54 Å². The van der Waals surface area contributed by atoms with Gasteiger partial charge in [-0.15, -0.1) is 0 Å². The number of rotatable bonds is 1. The minimum Gasteiger partial charge on any atom is -0.444 e. The molecule has 0 bridgehead atoms. The van der Waals surface area contributed by atoms with Crippen LogP contribution >= 0.6 is 0 Å². The van der Waals surface area contributed by atoms with Crippen LogP contribution in [0.3, 0.4) is 0 Å². The van der Waals surface area contributed by atoms with Gasteiger partial charge >= 0.3 is 6.09 Å². The third kappa shape index (κ3) is 3.33. The Morgan fingerprint density at radius 2 is 2.13 bits per heavy atom.